The van der Waals surface area contributed by atoms with Crippen molar-refractivity contribution in [2.45, 2.75) is 20.3 Å². The van der Waals surface area contributed by atoms with Crippen LogP contribution < -0.4 is 0 Å². The molecule has 62 valence electrons. The third kappa shape index (κ3) is 1.62. The first-order chi connectivity index (χ1) is 5.13. The van der Waals surface area contributed by atoms with E-state index >= 15 is 0 Å². The summed E-state index contributed by atoms with van der Waals surface area (Å²) >= 11 is 0. The van der Waals surface area contributed by atoms with Gasteiger partial charge in [-0.25, -0.2) is 0 Å². The van der Waals surface area contributed by atoms with Gasteiger partial charge in [-0.2, -0.15) is 0 Å². The van der Waals surface area contributed by atoms with Crippen molar-refractivity contribution < 1.29 is 9.90 Å². The first-order valence-electron chi connectivity index (χ1n) is 4.02. The van der Waals surface area contributed by atoms with Crippen LogP contribution >= 0.6 is 0 Å². The summed E-state index contributed by atoms with van der Waals surface area (Å²) in [5.41, 5.74) is 0. The highest BCUT2D eigenvalue weighted by molar-refractivity contribution is 5.70. The molecule has 11 heavy (non-hydrogen) atoms. The van der Waals surface area contributed by atoms with E-state index in [0.29, 0.717) is 12.3 Å². The molecule has 0 aromatic rings. The molecule has 1 N–H and O–H groups in total. The van der Waals surface area contributed by atoms with E-state index < -0.39 is 5.97 Å². The number of carboxylic acids is 1. The van der Waals surface area contributed by atoms with Gasteiger partial charge in [-0.3, -0.25) is 4.79 Å². The van der Waals surface area contributed by atoms with Crippen molar-refractivity contribution in [3.05, 3.63) is 12.2 Å². The molecule has 0 saturated heterocycles. The van der Waals surface area contributed by atoms with E-state index in [0.717, 1.165) is 0 Å². The fourth-order valence-electron chi connectivity index (χ4n) is 1.52. The maximum absolute atomic E-state index is 10.7. The fourth-order valence-corrected chi connectivity index (χ4v) is 1.52. The highest BCUT2D eigenvalue weighted by Gasteiger charge is 2.28. The SMILES string of the molecule is C[C@@H]1[C@H](C)C=CC[C@@H]1C(=O)O. The molecule has 0 aliphatic heterocycles. The second-order valence-electron chi connectivity index (χ2n) is 3.33. The quantitative estimate of drug-likeness (QED) is 0.586. The van der Waals surface area contributed by atoms with E-state index in [1.165, 1.54) is 0 Å². The molecule has 1 rings (SSSR count). The smallest absolute Gasteiger partial charge is 0.307 e. The number of hydrogen-bond donors (Lipinski definition) is 1. The van der Waals surface area contributed by atoms with Gasteiger partial charge >= 0.3 is 5.97 Å². The van der Waals surface area contributed by atoms with Crippen LogP contribution in [-0.2, 0) is 4.79 Å². The molecule has 0 heterocycles. The normalized spacial score (nSPS) is 37.1. The van der Waals surface area contributed by atoms with Gasteiger partial charge < -0.3 is 5.11 Å². The molecule has 2 heteroatoms. The third-order valence-corrected chi connectivity index (χ3v) is 2.61. The van der Waals surface area contributed by atoms with Crippen LogP contribution in [0.3, 0.4) is 0 Å². The predicted octanol–water partition coefficient (Wildman–Crippen LogP) is 1.92. The van der Waals surface area contributed by atoms with Gasteiger partial charge in [-0.05, 0) is 18.3 Å². The Hall–Kier alpha value is -0.790. The molecule has 3 atom stereocenters. The van der Waals surface area contributed by atoms with E-state index in [1.54, 1.807) is 0 Å². The lowest BCUT2D eigenvalue weighted by Gasteiger charge is -2.26. The average Bonchev–Trinajstić information content (AvgIpc) is 1.94. The minimum absolute atomic E-state index is 0.171. The minimum atomic E-state index is -0.659. The Morgan fingerprint density at radius 1 is 1.55 bits per heavy atom. The Bertz CT molecular complexity index is 184. The van der Waals surface area contributed by atoms with Gasteiger partial charge in [-0.1, -0.05) is 26.0 Å². The van der Waals surface area contributed by atoms with Gasteiger partial charge in [0.05, 0.1) is 5.92 Å². The molecule has 0 amide bonds. The summed E-state index contributed by atoms with van der Waals surface area (Å²) in [6, 6.07) is 0. The van der Waals surface area contributed by atoms with Crippen LogP contribution in [0.5, 0.6) is 0 Å². The molecule has 1 aliphatic rings. The van der Waals surface area contributed by atoms with E-state index in [1.807, 2.05) is 13.0 Å². The van der Waals surface area contributed by atoms with Gasteiger partial charge in [0.15, 0.2) is 0 Å². The topological polar surface area (TPSA) is 37.3 Å². The van der Waals surface area contributed by atoms with Crippen LogP contribution in [0.2, 0.25) is 0 Å². The Morgan fingerprint density at radius 3 is 2.64 bits per heavy atom. The van der Waals surface area contributed by atoms with Gasteiger partial charge in [-0.15, -0.1) is 0 Å². The molecule has 0 saturated carbocycles. The first kappa shape index (κ1) is 8.31. The van der Waals surface area contributed by atoms with Crippen LogP contribution in [0.4, 0.5) is 0 Å². The van der Waals surface area contributed by atoms with Gasteiger partial charge in [0.1, 0.15) is 0 Å². The molecule has 0 radical (unpaired) electrons. The first-order valence-corrected chi connectivity index (χ1v) is 4.02. The lowest BCUT2D eigenvalue weighted by molar-refractivity contribution is -0.144. The number of carbonyl (C=O) groups is 1. The number of hydrogen-bond acceptors (Lipinski definition) is 1. The molecular weight excluding hydrogens is 140 g/mol. The Labute approximate surface area is 66.9 Å². The van der Waals surface area contributed by atoms with Crippen molar-refractivity contribution in [3.8, 4) is 0 Å². The highest BCUT2D eigenvalue weighted by atomic mass is 16.4. The molecule has 1 aliphatic carbocycles. The van der Waals surface area contributed by atoms with Crippen molar-refractivity contribution >= 4 is 5.97 Å². The van der Waals surface area contributed by atoms with Crippen molar-refractivity contribution in [2.75, 3.05) is 0 Å². The minimum Gasteiger partial charge on any atom is -0.481 e. The van der Waals surface area contributed by atoms with E-state index in [9.17, 15) is 4.79 Å². The Balaban J connectivity index is 2.70. The standard InChI is InChI=1S/C9H14O2/c1-6-4-3-5-8(7(6)2)9(10)11/h3-4,6-8H,5H2,1-2H3,(H,10,11)/t6-,7-,8+/m1/s1. The van der Waals surface area contributed by atoms with Crippen LogP contribution in [0.15, 0.2) is 12.2 Å². The maximum Gasteiger partial charge on any atom is 0.307 e. The van der Waals surface area contributed by atoms with Crippen LogP contribution in [0, 0.1) is 17.8 Å². The highest BCUT2D eigenvalue weighted by Crippen LogP contribution is 2.29. The van der Waals surface area contributed by atoms with Crippen LogP contribution in [0.25, 0.3) is 0 Å². The van der Waals surface area contributed by atoms with Crippen LogP contribution in [0.1, 0.15) is 20.3 Å². The van der Waals surface area contributed by atoms with Gasteiger partial charge in [0, 0.05) is 0 Å². The number of rotatable bonds is 1. The van der Waals surface area contributed by atoms with Crippen LogP contribution in [-0.4, -0.2) is 11.1 Å². The molecule has 0 aromatic carbocycles. The molecule has 0 spiro atoms. The summed E-state index contributed by atoms with van der Waals surface area (Å²) < 4.78 is 0. The second kappa shape index (κ2) is 3.07. The number of aliphatic carboxylic acids is 1. The molecule has 0 bridgehead atoms. The second-order valence-corrected chi connectivity index (χ2v) is 3.33. The summed E-state index contributed by atoms with van der Waals surface area (Å²) in [5.74, 6) is -0.147. The van der Waals surface area contributed by atoms with Crippen molar-refractivity contribution in [1.29, 1.82) is 0 Å². The van der Waals surface area contributed by atoms with E-state index in [4.69, 9.17) is 5.11 Å². The summed E-state index contributed by atoms with van der Waals surface area (Å²) in [5, 5.41) is 8.79. The molecule has 0 fully saturated rings. The van der Waals surface area contributed by atoms with Gasteiger partial charge in [0.2, 0.25) is 0 Å². The van der Waals surface area contributed by atoms with Gasteiger partial charge in [0.25, 0.3) is 0 Å². The van der Waals surface area contributed by atoms with Crippen molar-refractivity contribution in [2.24, 2.45) is 17.8 Å². The summed E-state index contributed by atoms with van der Waals surface area (Å²) in [6.45, 7) is 4.07. The average molecular weight is 154 g/mol. The molecule has 2 nitrogen and oxygen atoms in total. The zero-order valence-electron chi connectivity index (χ0n) is 6.95. The zero-order valence-corrected chi connectivity index (χ0v) is 6.95. The number of allylic oxidation sites excluding steroid dienone is 2. The Kier molecular flexibility index (Phi) is 2.32. The zero-order chi connectivity index (χ0) is 8.43. The van der Waals surface area contributed by atoms with E-state index in [-0.39, 0.29) is 11.8 Å². The maximum atomic E-state index is 10.7. The monoisotopic (exact) mass is 154 g/mol. The summed E-state index contributed by atoms with van der Waals surface area (Å²) in [6.07, 6.45) is 4.77. The molecule has 0 aromatic heterocycles. The third-order valence-electron chi connectivity index (χ3n) is 2.61. The fraction of sp³-hybridized carbons (Fsp3) is 0.667. The summed E-state index contributed by atoms with van der Waals surface area (Å²) in [7, 11) is 0. The largest absolute Gasteiger partial charge is 0.481 e. The number of carboxylic acid groups (broad SMARTS) is 1. The van der Waals surface area contributed by atoms with Crippen molar-refractivity contribution in [1.82, 2.24) is 0 Å². The molecule has 0 unspecified atom stereocenters. The van der Waals surface area contributed by atoms with Crippen molar-refractivity contribution in [3.63, 3.8) is 0 Å². The predicted molar refractivity (Wildman–Crippen MR) is 43.2 cm³/mol. The lowest BCUT2D eigenvalue weighted by atomic mass is 9.78. The van der Waals surface area contributed by atoms with E-state index in [2.05, 4.69) is 13.0 Å². The lowest BCUT2D eigenvalue weighted by Crippen LogP contribution is -2.27. The Morgan fingerprint density at radius 2 is 2.18 bits per heavy atom. The summed E-state index contributed by atoms with van der Waals surface area (Å²) in [4.78, 5) is 10.7. The molecular formula is C9H14O2.